The second kappa shape index (κ2) is 10.9. The standard InChI is InChI=1S/C22H24F7N7O3/c1-11(33-14-8-32-34-18(37)17(14)22(27,28)29)10-39-16-3-5-36(19(16)38)15-2-4-35(9-13(15)23)20-30-6-12(7-31-20)21(24,25)26/h6-8,11,13,15-16H,2-5,9-10H2,1H3,(H2,33,34,37)/t11-,13-,15-,16+/m0/s1. The zero-order chi connectivity index (χ0) is 28.5. The number of aromatic nitrogens is 4. The minimum absolute atomic E-state index is 0.0520. The molecule has 4 atom stereocenters. The highest BCUT2D eigenvalue weighted by molar-refractivity contribution is 5.83. The smallest absolute Gasteiger partial charge is 0.378 e. The van der Waals surface area contributed by atoms with Crippen molar-refractivity contribution in [3.8, 4) is 0 Å². The highest BCUT2D eigenvalue weighted by Gasteiger charge is 2.43. The van der Waals surface area contributed by atoms with Crippen LogP contribution < -0.4 is 15.8 Å². The lowest BCUT2D eigenvalue weighted by Gasteiger charge is -2.39. The fourth-order valence-electron chi connectivity index (χ4n) is 4.57. The maximum absolute atomic E-state index is 15.1. The summed E-state index contributed by atoms with van der Waals surface area (Å²) in [7, 11) is 0. The van der Waals surface area contributed by atoms with Crippen LogP contribution in [0.15, 0.2) is 23.4 Å². The number of nitrogens with zero attached hydrogens (tertiary/aromatic N) is 5. The minimum atomic E-state index is -4.92. The Kier molecular flexibility index (Phi) is 7.99. The Morgan fingerprint density at radius 2 is 1.77 bits per heavy atom. The van der Waals surface area contributed by atoms with Crippen LogP contribution in [-0.2, 0) is 21.9 Å². The minimum Gasteiger partial charge on any atom is -0.378 e. The van der Waals surface area contributed by atoms with Crippen molar-refractivity contribution in [1.82, 2.24) is 25.1 Å². The number of aromatic amines is 1. The number of carbonyl (C=O) groups excluding carboxylic acids is 1. The van der Waals surface area contributed by atoms with Gasteiger partial charge in [-0.3, -0.25) is 9.59 Å². The Morgan fingerprint density at radius 3 is 2.38 bits per heavy atom. The molecule has 0 aromatic carbocycles. The van der Waals surface area contributed by atoms with E-state index in [1.165, 1.54) is 16.7 Å². The van der Waals surface area contributed by atoms with Gasteiger partial charge in [0.25, 0.3) is 11.5 Å². The summed E-state index contributed by atoms with van der Waals surface area (Å²) in [6, 6.07) is -1.53. The van der Waals surface area contributed by atoms with Crippen molar-refractivity contribution in [3.63, 3.8) is 0 Å². The molecule has 2 aromatic rings. The molecule has 2 aliphatic rings. The van der Waals surface area contributed by atoms with Gasteiger partial charge >= 0.3 is 12.4 Å². The average Bonchev–Trinajstić information content (AvgIpc) is 3.21. The summed E-state index contributed by atoms with van der Waals surface area (Å²) in [5, 5.41) is 7.63. The van der Waals surface area contributed by atoms with Crippen LogP contribution in [0.5, 0.6) is 0 Å². The average molecular weight is 567 g/mol. The number of H-pyrrole nitrogens is 1. The van der Waals surface area contributed by atoms with Gasteiger partial charge in [0.05, 0.1) is 36.6 Å². The van der Waals surface area contributed by atoms with E-state index in [2.05, 4.69) is 20.4 Å². The molecule has 0 unspecified atom stereocenters. The van der Waals surface area contributed by atoms with Gasteiger partial charge in [0.15, 0.2) is 0 Å². The van der Waals surface area contributed by atoms with Gasteiger partial charge in [-0.15, -0.1) is 0 Å². The number of anilines is 2. The molecule has 0 aliphatic carbocycles. The lowest BCUT2D eigenvalue weighted by atomic mass is 10.0. The van der Waals surface area contributed by atoms with Crippen LogP contribution in [0.2, 0.25) is 0 Å². The van der Waals surface area contributed by atoms with Gasteiger partial charge in [0.1, 0.15) is 17.8 Å². The molecule has 2 aliphatic heterocycles. The number of alkyl halides is 7. The molecule has 39 heavy (non-hydrogen) atoms. The number of piperidine rings is 1. The highest BCUT2D eigenvalue weighted by atomic mass is 19.4. The molecule has 2 fully saturated rings. The molecule has 10 nitrogen and oxygen atoms in total. The third kappa shape index (κ3) is 6.39. The van der Waals surface area contributed by atoms with Crippen molar-refractivity contribution >= 4 is 17.5 Å². The van der Waals surface area contributed by atoms with Crippen LogP contribution in [0.3, 0.4) is 0 Å². The first-order valence-electron chi connectivity index (χ1n) is 11.9. The maximum atomic E-state index is 15.1. The topological polar surface area (TPSA) is 116 Å². The fraction of sp³-hybridized carbons (Fsp3) is 0.591. The van der Waals surface area contributed by atoms with E-state index in [0.717, 1.165) is 6.20 Å². The number of hydrogen-bond donors (Lipinski definition) is 2. The number of likely N-dealkylation sites (tertiary alicyclic amines) is 1. The van der Waals surface area contributed by atoms with Gasteiger partial charge in [0, 0.05) is 37.9 Å². The van der Waals surface area contributed by atoms with Crippen LogP contribution in [0.25, 0.3) is 0 Å². The van der Waals surface area contributed by atoms with Gasteiger partial charge < -0.3 is 19.9 Å². The first-order chi connectivity index (χ1) is 18.3. The summed E-state index contributed by atoms with van der Waals surface area (Å²) in [6.07, 6.45) is -9.49. The molecule has 1 amide bonds. The Hall–Kier alpha value is -3.50. The van der Waals surface area contributed by atoms with Crippen LogP contribution in [0.1, 0.15) is 30.9 Å². The van der Waals surface area contributed by atoms with Crippen LogP contribution >= 0.6 is 0 Å². The van der Waals surface area contributed by atoms with Gasteiger partial charge in [-0.25, -0.2) is 19.5 Å². The van der Waals surface area contributed by atoms with E-state index in [1.54, 1.807) is 5.10 Å². The summed E-state index contributed by atoms with van der Waals surface area (Å²) in [4.78, 5) is 34.6. The van der Waals surface area contributed by atoms with Crippen molar-refractivity contribution < 1.29 is 40.3 Å². The van der Waals surface area contributed by atoms with Crippen LogP contribution in [-0.4, -0.2) is 81.6 Å². The summed E-state index contributed by atoms with van der Waals surface area (Å²) in [5.74, 6) is -0.522. The molecule has 214 valence electrons. The normalized spacial score (nSPS) is 23.3. The molecule has 4 rings (SSSR count). The quantitative estimate of drug-likeness (QED) is 0.491. The van der Waals surface area contributed by atoms with Gasteiger partial charge in [0.2, 0.25) is 5.95 Å². The molecule has 17 heteroatoms. The van der Waals surface area contributed by atoms with Crippen LogP contribution in [0, 0.1) is 0 Å². The van der Waals surface area contributed by atoms with Gasteiger partial charge in [-0.05, 0) is 13.3 Å². The Morgan fingerprint density at radius 1 is 1.08 bits per heavy atom. The monoisotopic (exact) mass is 567 g/mol. The largest absolute Gasteiger partial charge is 0.423 e. The lowest BCUT2D eigenvalue weighted by Crippen LogP contribution is -2.54. The van der Waals surface area contributed by atoms with Crippen molar-refractivity contribution in [2.24, 2.45) is 0 Å². The molecule has 4 heterocycles. The van der Waals surface area contributed by atoms with Crippen molar-refractivity contribution in [2.75, 3.05) is 36.5 Å². The van der Waals surface area contributed by atoms with E-state index in [-0.39, 0.29) is 45.0 Å². The zero-order valence-electron chi connectivity index (χ0n) is 20.4. The number of nitrogens with one attached hydrogen (secondary N) is 2. The van der Waals surface area contributed by atoms with E-state index >= 15 is 4.39 Å². The molecule has 0 radical (unpaired) electrons. The summed E-state index contributed by atoms with van der Waals surface area (Å²) < 4.78 is 98.5. The predicted octanol–water partition coefficient (Wildman–Crippen LogP) is 2.63. The van der Waals surface area contributed by atoms with Crippen molar-refractivity contribution in [3.05, 3.63) is 40.1 Å². The number of rotatable bonds is 7. The Bertz CT molecular complexity index is 1220. The van der Waals surface area contributed by atoms with Crippen molar-refractivity contribution in [1.29, 1.82) is 0 Å². The second-order valence-electron chi connectivity index (χ2n) is 9.26. The lowest BCUT2D eigenvalue weighted by molar-refractivity contribution is -0.140. The first kappa shape index (κ1) is 28.5. The number of hydrogen-bond acceptors (Lipinski definition) is 8. The molecule has 0 spiro atoms. The predicted molar refractivity (Wildman–Crippen MR) is 122 cm³/mol. The third-order valence-electron chi connectivity index (χ3n) is 6.44. The highest BCUT2D eigenvalue weighted by Crippen LogP contribution is 2.32. The number of halogens is 7. The first-order valence-corrected chi connectivity index (χ1v) is 11.9. The molecule has 2 aromatic heterocycles. The van der Waals surface area contributed by atoms with Gasteiger partial charge in [-0.1, -0.05) is 0 Å². The SMILES string of the molecule is C[C@@H](CO[C@@H]1CCN([C@H]2CCN(c3ncc(C(F)(F)F)cn3)C[C@@H]2F)C1=O)Nc1cn[nH]c(=O)c1C(F)(F)F. The molecule has 0 saturated carbocycles. The molecule has 2 N–H and O–H groups in total. The molecule has 0 bridgehead atoms. The van der Waals surface area contributed by atoms with E-state index in [1.807, 2.05) is 0 Å². The summed E-state index contributed by atoms with van der Waals surface area (Å²) in [5.41, 5.74) is -4.40. The second-order valence-corrected chi connectivity index (χ2v) is 9.26. The number of amides is 1. The fourth-order valence-corrected chi connectivity index (χ4v) is 4.57. The summed E-state index contributed by atoms with van der Waals surface area (Å²) >= 11 is 0. The van der Waals surface area contributed by atoms with E-state index in [9.17, 15) is 35.9 Å². The number of carbonyl (C=O) groups is 1. The third-order valence-corrected chi connectivity index (χ3v) is 6.44. The zero-order valence-corrected chi connectivity index (χ0v) is 20.4. The summed E-state index contributed by atoms with van der Waals surface area (Å²) in [6.45, 7) is 1.49. The van der Waals surface area contributed by atoms with E-state index in [0.29, 0.717) is 12.4 Å². The van der Waals surface area contributed by atoms with E-state index in [4.69, 9.17) is 4.74 Å². The van der Waals surface area contributed by atoms with E-state index < -0.39 is 65.0 Å². The Balaban J connectivity index is 1.30. The molecule has 2 saturated heterocycles. The van der Waals surface area contributed by atoms with Crippen LogP contribution in [0.4, 0.5) is 42.4 Å². The number of ether oxygens (including phenoxy) is 1. The molecular weight excluding hydrogens is 543 g/mol. The van der Waals surface area contributed by atoms with Crippen molar-refractivity contribution in [2.45, 2.75) is 56.5 Å². The maximum Gasteiger partial charge on any atom is 0.423 e. The van der Waals surface area contributed by atoms with Gasteiger partial charge in [-0.2, -0.15) is 31.4 Å². The molecular formula is C22H24F7N7O3. The Labute approximate surface area is 216 Å².